The fraction of sp³-hybridized carbons (Fsp3) is 0.333. The van der Waals surface area contributed by atoms with Crippen LogP contribution in [0.1, 0.15) is 82.2 Å². The van der Waals surface area contributed by atoms with Crippen LogP contribution in [0.3, 0.4) is 0 Å². The molecule has 0 unspecified atom stereocenters. The third kappa shape index (κ3) is 13.2. The average Bonchev–Trinajstić information content (AvgIpc) is 3.30. The summed E-state index contributed by atoms with van der Waals surface area (Å²) in [6.07, 6.45) is 3.26. The van der Waals surface area contributed by atoms with Gasteiger partial charge in [0, 0.05) is 38.6 Å². The molecule has 64 heavy (non-hydrogen) atoms. The van der Waals surface area contributed by atoms with Crippen molar-refractivity contribution in [3.63, 3.8) is 0 Å². The molecule has 2 N–H and O–H groups in total. The Bertz CT molecular complexity index is 2420. The highest BCUT2D eigenvalue weighted by Crippen LogP contribution is 2.28. The highest BCUT2D eigenvalue weighted by molar-refractivity contribution is 7.90. The Labute approximate surface area is 377 Å². The molecule has 6 aromatic rings. The minimum Gasteiger partial charge on any atom is -0.497 e. The quantitative estimate of drug-likeness (QED) is 0.0892. The zero-order chi connectivity index (χ0) is 46.6. The van der Waals surface area contributed by atoms with Gasteiger partial charge in [-0.2, -0.15) is 8.61 Å². The number of methoxy groups -OCH3 is 2. The van der Waals surface area contributed by atoms with E-state index in [2.05, 4.69) is 19.9 Å². The topological polar surface area (TPSA) is 185 Å². The summed E-state index contributed by atoms with van der Waals surface area (Å²) in [6, 6.07) is 30.0. The van der Waals surface area contributed by atoms with E-state index >= 15 is 0 Å². The molecule has 4 aromatic carbocycles. The monoisotopic (exact) mass is 910 g/mol. The number of rotatable bonds is 18. The third-order valence-corrected chi connectivity index (χ3v) is 15.1. The molecule has 340 valence electrons. The number of aliphatic hydroxyl groups excluding tert-OH is 2. The number of sulfonamides is 2. The first kappa shape index (κ1) is 49.4. The summed E-state index contributed by atoms with van der Waals surface area (Å²) in [4.78, 5) is 16.6. The Morgan fingerprint density at radius 3 is 1.00 bits per heavy atom. The standard InChI is InChI=1S/2C24H29N3O4S/c2*1-17-5-7-20(8-6-17)15-27(16-21-9-11-22(31-4)12-10-21)32(29,30)19(3)24(28)23-14-25-18(2)13-26-23/h2*5-14,19,24,28H,15-16H2,1-4H3/t2*19-,24+/m10/s1. The van der Waals surface area contributed by atoms with E-state index in [1.54, 1.807) is 52.3 Å². The molecule has 0 radical (unpaired) electrons. The van der Waals surface area contributed by atoms with Crippen LogP contribution in [-0.2, 0) is 46.2 Å². The molecule has 0 saturated heterocycles. The summed E-state index contributed by atoms with van der Waals surface area (Å²) in [5, 5.41) is 19.3. The van der Waals surface area contributed by atoms with Crippen LogP contribution >= 0.6 is 0 Å². The smallest absolute Gasteiger partial charge is 0.220 e. The highest BCUT2D eigenvalue weighted by atomic mass is 32.2. The summed E-state index contributed by atoms with van der Waals surface area (Å²) >= 11 is 0. The number of aliphatic hydroxyl groups is 2. The molecule has 4 atom stereocenters. The highest BCUT2D eigenvalue weighted by Gasteiger charge is 2.37. The molecule has 16 heteroatoms. The molecule has 0 aliphatic carbocycles. The van der Waals surface area contributed by atoms with E-state index in [4.69, 9.17) is 9.47 Å². The van der Waals surface area contributed by atoms with Gasteiger partial charge in [-0.3, -0.25) is 19.9 Å². The van der Waals surface area contributed by atoms with Gasteiger partial charge in [-0.1, -0.05) is 83.9 Å². The predicted molar refractivity (Wildman–Crippen MR) is 247 cm³/mol. The number of aromatic nitrogens is 4. The van der Waals surface area contributed by atoms with Crippen molar-refractivity contribution in [3.05, 3.63) is 178 Å². The summed E-state index contributed by atoms with van der Waals surface area (Å²) < 4.78 is 67.6. The van der Waals surface area contributed by atoms with Gasteiger partial charge in [0.05, 0.1) is 49.4 Å². The Hall–Kier alpha value is -5.62. The second-order valence-corrected chi connectivity index (χ2v) is 20.3. The molecule has 2 aromatic heterocycles. The van der Waals surface area contributed by atoms with E-state index in [0.717, 1.165) is 33.4 Å². The van der Waals surface area contributed by atoms with Crippen molar-refractivity contribution in [3.8, 4) is 11.5 Å². The van der Waals surface area contributed by atoms with Crippen molar-refractivity contribution >= 4 is 20.0 Å². The van der Waals surface area contributed by atoms with Crippen LogP contribution in [0.2, 0.25) is 0 Å². The first-order chi connectivity index (χ1) is 30.4. The molecule has 0 bridgehead atoms. The Balaban J connectivity index is 0.000000241. The molecule has 0 fully saturated rings. The lowest BCUT2D eigenvalue weighted by molar-refractivity contribution is 0.167. The Morgan fingerprint density at radius 1 is 0.469 bits per heavy atom. The van der Waals surface area contributed by atoms with Gasteiger partial charge in [0.1, 0.15) is 34.2 Å². The SMILES string of the molecule is COc1ccc(CN(Cc2ccc(C)cc2)S(=O)(=O)[C@@H](C)[C@@H](O)c2cnc(C)cn2)cc1.COc1ccc(CN(Cc2ccc(C)cc2)S(=O)(=O)[C@H](C)[C@H](O)c2cnc(C)cn2)cc1. The maximum atomic E-state index is 13.6. The number of hydrogen-bond donors (Lipinski definition) is 2. The van der Waals surface area contributed by atoms with Crippen LogP contribution in [0.15, 0.2) is 122 Å². The fourth-order valence-corrected chi connectivity index (χ4v) is 9.71. The van der Waals surface area contributed by atoms with Gasteiger partial charge >= 0.3 is 0 Å². The zero-order valence-corrected chi connectivity index (χ0v) is 39.2. The fourth-order valence-electron chi connectivity index (χ4n) is 6.52. The summed E-state index contributed by atoms with van der Waals surface area (Å²) in [6.45, 7) is 11.2. The first-order valence-electron chi connectivity index (χ1n) is 20.7. The molecule has 0 aliphatic rings. The average molecular weight is 911 g/mol. The molecule has 0 spiro atoms. The van der Waals surface area contributed by atoms with Crippen LogP contribution in [0.4, 0.5) is 0 Å². The second kappa shape index (κ2) is 22.3. The van der Waals surface area contributed by atoms with Crippen LogP contribution in [0, 0.1) is 27.7 Å². The van der Waals surface area contributed by atoms with Gasteiger partial charge in [-0.15, -0.1) is 0 Å². The van der Waals surface area contributed by atoms with Crippen molar-refractivity contribution in [1.82, 2.24) is 28.5 Å². The van der Waals surface area contributed by atoms with Crippen LogP contribution in [-0.4, -0.2) is 80.3 Å². The van der Waals surface area contributed by atoms with Gasteiger partial charge in [0.15, 0.2) is 0 Å². The number of benzene rings is 4. The third-order valence-electron chi connectivity index (χ3n) is 10.8. The molecule has 0 saturated carbocycles. The van der Waals surface area contributed by atoms with Gasteiger partial charge in [-0.25, -0.2) is 16.8 Å². The van der Waals surface area contributed by atoms with Crippen molar-refractivity contribution in [2.24, 2.45) is 0 Å². The number of ether oxygens (including phenoxy) is 2. The molecule has 0 aliphatic heterocycles. The Morgan fingerprint density at radius 2 is 0.750 bits per heavy atom. The van der Waals surface area contributed by atoms with Gasteiger partial charge in [0.2, 0.25) is 20.0 Å². The summed E-state index contributed by atoms with van der Waals surface area (Å²) in [5.74, 6) is 1.40. The van der Waals surface area contributed by atoms with Crippen molar-refractivity contribution in [1.29, 1.82) is 0 Å². The number of nitrogens with zero attached hydrogens (tertiary/aromatic N) is 6. The lowest BCUT2D eigenvalue weighted by Gasteiger charge is -2.28. The normalized spacial score (nSPS) is 13.7. The molecule has 0 amide bonds. The number of hydrogen-bond acceptors (Lipinski definition) is 12. The van der Waals surface area contributed by atoms with Gasteiger partial charge < -0.3 is 19.7 Å². The molecule has 14 nitrogen and oxygen atoms in total. The summed E-state index contributed by atoms with van der Waals surface area (Å²) in [7, 11) is -4.63. The van der Waals surface area contributed by atoms with E-state index in [1.165, 1.54) is 47.2 Å². The van der Waals surface area contributed by atoms with Crippen LogP contribution in [0.5, 0.6) is 11.5 Å². The van der Waals surface area contributed by atoms with E-state index in [9.17, 15) is 27.0 Å². The lowest BCUT2D eigenvalue weighted by Crippen LogP contribution is -2.39. The van der Waals surface area contributed by atoms with Crippen LogP contribution in [0.25, 0.3) is 0 Å². The predicted octanol–water partition coefficient (Wildman–Crippen LogP) is 7.11. The zero-order valence-electron chi connectivity index (χ0n) is 37.5. The van der Waals surface area contributed by atoms with Crippen molar-refractivity contribution < 1.29 is 36.5 Å². The van der Waals surface area contributed by atoms with Gasteiger partial charge in [-0.05, 0) is 88.1 Å². The Kier molecular flexibility index (Phi) is 17.2. The van der Waals surface area contributed by atoms with E-state index in [-0.39, 0.29) is 37.6 Å². The molecular weight excluding hydrogens is 853 g/mol. The first-order valence-corrected chi connectivity index (χ1v) is 23.7. The van der Waals surface area contributed by atoms with Crippen LogP contribution < -0.4 is 9.47 Å². The summed E-state index contributed by atoms with van der Waals surface area (Å²) in [5.41, 5.74) is 7.40. The number of aryl methyl sites for hydroxylation is 4. The lowest BCUT2D eigenvalue weighted by atomic mass is 10.1. The molecular formula is C48H58N6O8S2. The van der Waals surface area contributed by atoms with Crippen molar-refractivity contribution in [2.45, 2.75) is 90.4 Å². The maximum Gasteiger partial charge on any atom is 0.220 e. The van der Waals surface area contributed by atoms with E-state index < -0.39 is 42.8 Å². The minimum atomic E-state index is -3.90. The maximum absolute atomic E-state index is 13.6. The van der Waals surface area contributed by atoms with E-state index in [1.807, 2.05) is 86.6 Å². The largest absolute Gasteiger partial charge is 0.497 e. The minimum absolute atomic E-state index is 0.164. The van der Waals surface area contributed by atoms with Gasteiger partial charge in [0.25, 0.3) is 0 Å². The molecule has 2 heterocycles. The molecule has 6 rings (SSSR count). The second-order valence-electron chi connectivity index (χ2n) is 15.8. The van der Waals surface area contributed by atoms with Crippen molar-refractivity contribution in [2.75, 3.05) is 14.2 Å². The van der Waals surface area contributed by atoms with E-state index in [0.29, 0.717) is 22.9 Å².